The van der Waals surface area contributed by atoms with Gasteiger partial charge in [0.15, 0.2) is 5.78 Å². The van der Waals surface area contributed by atoms with Crippen LogP contribution in [0.5, 0.6) is 5.75 Å². The van der Waals surface area contributed by atoms with E-state index in [-0.39, 0.29) is 11.5 Å². The molecule has 0 atom stereocenters. The molecular weight excluding hydrogens is 240 g/mol. The van der Waals surface area contributed by atoms with E-state index in [4.69, 9.17) is 4.74 Å². The second-order valence-electron chi connectivity index (χ2n) is 3.96. The highest BCUT2D eigenvalue weighted by Crippen LogP contribution is 2.20. The van der Waals surface area contributed by atoms with Crippen LogP contribution in [-0.2, 0) is 0 Å². The molecule has 96 valence electrons. The van der Waals surface area contributed by atoms with Gasteiger partial charge in [0.05, 0.1) is 12.7 Å². The minimum absolute atomic E-state index is 0.0588. The molecule has 2 rings (SSSR count). The maximum absolute atomic E-state index is 12.1. The predicted molar refractivity (Wildman–Crippen MR) is 74.4 cm³/mol. The zero-order valence-electron chi connectivity index (χ0n) is 10.5. The molecule has 0 saturated heterocycles. The van der Waals surface area contributed by atoms with Crippen LogP contribution in [0.1, 0.15) is 15.9 Å². The Kier molecular flexibility index (Phi) is 3.98. The van der Waals surface area contributed by atoms with E-state index in [2.05, 4.69) is 0 Å². The summed E-state index contributed by atoms with van der Waals surface area (Å²) in [5, 5.41) is 9.92. The van der Waals surface area contributed by atoms with Gasteiger partial charge in [0.1, 0.15) is 11.5 Å². The summed E-state index contributed by atoms with van der Waals surface area (Å²) < 4.78 is 5.12. The van der Waals surface area contributed by atoms with Crippen molar-refractivity contribution in [3.8, 4) is 5.75 Å². The quantitative estimate of drug-likeness (QED) is 0.516. The number of methoxy groups -OCH3 is 1. The lowest BCUT2D eigenvalue weighted by molar-refractivity contribution is 0.104. The van der Waals surface area contributed by atoms with Crippen molar-refractivity contribution in [2.45, 2.75) is 0 Å². The van der Waals surface area contributed by atoms with E-state index < -0.39 is 0 Å². The number of para-hydroxylation sites is 1. The van der Waals surface area contributed by atoms with E-state index in [1.165, 1.54) is 13.2 Å². The summed E-state index contributed by atoms with van der Waals surface area (Å²) in [7, 11) is 1.51. The van der Waals surface area contributed by atoms with Gasteiger partial charge in [0.2, 0.25) is 0 Å². The molecule has 0 heterocycles. The molecular formula is C16H14O3. The minimum Gasteiger partial charge on any atom is -0.507 e. The first-order valence-corrected chi connectivity index (χ1v) is 5.86. The van der Waals surface area contributed by atoms with Gasteiger partial charge < -0.3 is 9.84 Å². The van der Waals surface area contributed by atoms with Crippen LogP contribution in [0.2, 0.25) is 0 Å². The number of benzene rings is 2. The summed E-state index contributed by atoms with van der Waals surface area (Å²) in [4.78, 5) is 12.1. The number of allylic oxidation sites excluding steroid dienone is 1. The third-order valence-electron chi connectivity index (χ3n) is 2.71. The van der Waals surface area contributed by atoms with Gasteiger partial charge in [0.25, 0.3) is 0 Å². The SMILES string of the molecule is COc1ccccc1C(=O)C=C(O)c1ccccc1. The normalized spacial score (nSPS) is 11.1. The second kappa shape index (κ2) is 5.87. The van der Waals surface area contributed by atoms with Crippen molar-refractivity contribution in [1.29, 1.82) is 0 Å². The second-order valence-corrected chi connectivity index (χ2v) is 3.96. The Labute approximate surface area is 111 Å². The molecule has 0 aliphatic carbocycles. The first-order valence-electron chi connectivity index (χ1n) is 5.86. The molecule has 0 radical (unpaired) electrons. The van der Waals surface area contributed by atoms with E-state index in [0.717, 1.165) is 0 Å². The van der Waals surface area contributed by atoms with Crippen LogP contribution in [0.15, 0.2) is 60.7 Å². The van der Waals surface area contributed by atoms with E-state index in [9.17, 15) is 9.90 Å². The van der Waals surface area contributed by atoms with Crippen LogP contribution in [0.4, 0.5) is 0 Å². The third kappa shape index (κ3) is 3.01. The number of ether oxygens (including phenoxy) is 1. The van der Waals surface area contributed by atoms with Crippen LogP contribution >= 0.6 is 0 Å². The number of aliphatic hydroxyl groups excluding tert-OH is 1. The lowest BCUT2D eigenvalue weighted by Crippen LogP contribution is -2.00. The topological polar surface area (TPSA) is 46.5 Å². The maximum atomic E-state index is 12.1. The molecule has 3 nitrogen and oxygen atoms in total. The van der Waals surface area contributed by atoms with Gasteiger partial charge in [-0.1, -0.05) is 42.5 Å². The fourth-order valence-corrected chi connectivity index (χ4v) is 1.74. The van der Waals surface area contributed by atoms with E-state index >= 15 is 0 Å². The average molecular weight is 254 g/mol. The molecule has 2 aromatic carbocycles. The van der Waals surface area contributed by atoms with E-state index in [1.54, 1.807) is 48.5 Å². The van der Waals surface area contributed by atoms with E-state index in [0.29, 0.717) is 16.9 Å². The Balaban J connectivity index is 2.30. The summed E-state index contributed by atoms with van der Waals surface area (Å²) >= 11 is 0. The highest BCUT2D eigenvalue weighted by atomic mass is 16.5. The lowest BCUT2D eigenvalue weighted by atomic mass is 10.1. The lowest BCUT2D eigenvalue weighted by Gasteiger charge is -2.05. The fraction of sp³-hybridized carbons (Fsp3) is 0.0625. The van der Waals surface area contributed by atoms with Gasteiger partial charge in [-0.15, -0.1) is 0 Å². The number of rotatable bonds is 4. The first-order chi connectivity index (χ1) is 9.22. The van der Waals surface area contributed by atoms with Crippen molar-refractivity contribution >= 4 is 11.5 Å². The fourth-order valence-electron chi connectivity index (χ4n) is 1.74. The van der Waals surface area contributed by atoms with Crippen molar-refractivity contribution in [2.75, 3.05) is 7.11 Å². The molecule has 3 heteroatoms. The Hall–Kier alpha value is -2.55. The maximum Gasteiger partial charge on any atom is 0.193 e. The van der Waals surface area contributed by atoms with Gasteiger partial charge in [-0.05, 0) is 12.1 Å². The van der Waals surface area contributed by atoms with Crippen LogP contribution in [-0.4, -0.2) is 18.0 Å². The summed E-state index contributed by atoms with van der Waals surface area (Å²) in [6.45, 7) is 0. The Morgan fingerprint density at radius 2 is 1.68 bits per heavy atom. The molecule has 0 aliphatic heterocycles. The number of ketones is 1. The average Bonchev–Trinajstić information content (AvgIpc) is 2.48. The zero-order chi connectivity index (χ0) is 13.7. The Morgan fingerprint density at radius 1 is 1.05 bits per heavy atom. The molecule has 0 bridgehead atoms. The van der Waals surface area contributed by atoms with Gasteiger partial charge in [-0.2, -0.15) is 0 Å². The van der Waals surface area contributed by atoms with Crippen LogP contribution < -0.4 is 4.74 Å². The number of hydrogen-bond acceptors (Lipinski definition) is 3. The molecule has 19 heavy (non-hydrogen) atoms. The third-order valence-corrected chi connectivity index (χ3v) is 2.71. The molecule has 0 fully saturated rings. The Bertz CT molecular complexity index is 600. The standard InChI is InChI=1S/C16H14O3/c1-19-16-10-6-5-9-13(16)15(18)11-14(17)12-7-3-2-4-8-12/h2-11,17H,1H3. The molecule has 0 amide bonds. The van der Waals surface area contributed by atoms with Gasteiger partial charge in [-0.25, -0.2) is 0 Å². The number of carbonyl (C=O) groups is 1. The summed E-state index contributed by atoms with van der Waals surface area (Å²) in [6.07, 6.45) is 1.20. The minimum atomic E-state index is -0.293. The largest absolute Gasteiger partial charge is 0.507 e. The number of aliphatic hydroxyl groups is 1. The molecule has 0 aliphatic rings. The molecule has 0 unspecified atom stereocenters. The molecule has 0 saturated carbocycles. The van der Waals surface area contributed by atoms with Gasteiger partial charge >= 0.3 is 0 Å². The summed E-state index contributed by atoms with van der Waals surface area (Å²) in [5.41, 5.74) is 1.03. The predicted octanol–water partition coefficient (Wildman–Crippen LogP) is 3.48. The van der Waals surface area contributed by atoms with Crippen molar-refractivity contribution in [3.05, 3.63) is 71.8 Å². The van der Waals surface area contributed by atoms with Crippen molar-refractivity contribution in [2.24, 2.45) is 0 Å². The highest BCUT2D eigenvalue weighted by Gasteiger charge is 2.10. The molecule has 0 spiro atoms. The molecule has 0 aromatic heterocycles. The first kappa shape index (κ1) is 12.9. The van der Waals surface area contributed by atoms with Gasteiger partial charge in [0, 0.05) is 11.6 Å². The zero-order valence-corrected chi connectivity index (χ0v) is 10.5. The van der Waals surface area contributed by atoms with Crippen LogP contribution in [0, 0.1) is 0 Å². The van der Waals surface area contributed by atoms with Crippen molar-refractivity contribution in [1.82, 2.24) is 0 Å². The Morgan fingerprint density at radius 3 is 2.37 bits per heavy atom. The summed E-state index contributed by atoms with van der Waals surface area (Å²) in [5.74, 6) is 0.139. The number of carbonyl (C=O) groups excluding carboxylic acids is 1. The van der Waals surface area contributed by atoms with Crippen molar-refractivity contribution in [3.63, 3.8) is 0 Å². The monoisotopic (exact) mass is 254 g/mol. The summed E-state index contributed by atoms with van der Waals surface area (Å²) in [6, 6.07) is 15.8. The van der Waals surface area contributed by atoms with Gasteiger partial charge in [-0.3, -0.25) is 4.79 Å². The van der Waals surface area contributed by atoms with Crippen molar-refractivity contribution < 1.29 is 14.6 Å². The van der Waals surface area contributed by atoms with Crippen LogP contribution in [0.25, 0.3) is 5.76 Å². The molecule has 1 N–H and O–H groups in total. The molecule has 2 aromatic rings. The van der Waals surface area contributed by atoms with E-state index in [1.807, 2.05) is 6.07 Å². The van der Waals surface area contributed by atoms with Crippen LogP contribution in [0.3, 0.4) is 0 Å². The smallest absolute Gasteiger partial charge is 0.193 e. The highest BCUT2D eigenvalue weighted by molar-refractivity contribution is 6.09. The number of hydrogen-bond donors (Lipinski definition) is 1.